The van der Waals surface area contributed by atoms with Crippen molar-refractivity contribution in [2.24, 2.45) is 0 Å². The first-order valence-corrected chi connectivity index (χ1v) is 6.02. The number of hydrogen-bond donors (Lipinski definition) is 1. The fourth-order valence-corrected chi connectivity index (χ4v) is 2.15. The van der Waals surface area contributed by atoms with E-state index in [1.807, 2.05) is 0 Å². The molecule has 0 spiro atoms. The Hall–Kier alpha value is -1.32. The van der Waals surface area contributed by atoms with Crippen LogP contribution < -0.4 is 10.6 Å². The molecule has 0 radical (unpaired) electrons. The topological polar surface area (TPSA) is 55.0 Å². The van der Waals surface area contributed by atoms with Gasteiger partial charge in [0.2, 0.25) is 0 Å². The lowest BCUT2D eigenvalue weighted by Crippen LogP contribution is -2.28. The molecule has 2 rings (SSSR count). The molecule has 16 heavy (non-hydrogen) atoms. The van der Waals surface area contributed by atoms with Gasteiger partial charge >= 0.3 is 0 Å². The van der Waals surface area contributed by atoms with E-state index in [0.717, 1.165) is 17.9 Å². The summed E-state index contributed by atoms with van der Waals surface area (Å²) in [6.07, 6.45) is 4.12. The summed E-state index contributed by atoms with van der Waals surface area (Å²) in [6, 6.07) is 0.664. The van der Waals surface area contributed by atoms with Crippen molar-refractivity contribution >= 4 is 11.6 Å². The first kappa shape index (κ1) is 11.2. The van der Waals surface area contributed by atoms with E-state index in [9.17, 15) is 0 Å². The molecule has 0 saturated heterocycles. The number of nitrogens with two attached hydrogens (primary N) is 1. The van der Waals surface area contributed by atoms with Crippen LogP contribution in [0, 0.1) is 0 Å². The number of nitrogen functional groups attached to an aromatic ring is 1. The van der Waals surface area contributed by atoms with Gasteiger partial charge in [0.15, 0.2) is 0 Å². The fourth-order valence-electron chi connectivity index (χ4n) is 2.15. The molecule has 0 bridgehead atoms. The maximum absolute atomic E-state index is 5.96. The molecule has 1 fully saturated rings. The number of anilines is 2. The molecular formula is C12H20N4. The van der Waals surface area contributed by atoms with E-state index in [2.05, 4.69) is 35.6 Å². The maximum Gasteiger partial charge on any atom is 0.137 e. The average Bonchev–Trinajstić information content (AvgIpc) is 3.02. The molecule has 1 saturated carbocycles. The lowest BCUT2D eigenvalue weighted by Gasteiger charge is -2.25. The second kappa shape index (κ2) is 4.28. The van der Waals surface area contributed by atoms with Crippen LogP contribution in [0.5, 0.6) is 0 Å². The van der Waals surface area contributed by atoms with Gasteiger partial charge < -0.3 is 10.6 Å². The zero-order chi connectivity index (χ0) is 11.7. The van der Waals surface area contributed by atoms with Gasteiger partial charge in [-0.15, -0.1) is 0 Å². The van der Waals surface area contributed by atoms with E-state index in [-0.39, 0.29) is 0 Å². The van der Waals surface area contributed by atoms with Crippen LogP contribution in [0.2, 0.25) is 0 Å². The van der Waals surface area contributed by atoms with Crippen LogP contribution in [0.1, 0.15) is 45.1 Å². The molecule has 0 aromatic carbocycles. The molecule has 1 aliphatic carbocycles. The summed E-state index contributed by atoms with van der Waals surface area (Å²) in [4.78, 5) is 10.9. The Labute approximate surface area is 96.9 Å². The fraction of sp³-hybridized carbons (Fsp3) is 0.667. The highest BCUT2D eigenvalue weighted by Gasteiger charge is 2.31. The van der Waals surface area contributed by atoms with Gasteiger partial charge in [0.25, 0.3) is 0 Å². The minimum absolute atomic E-state index is 0.365. The lowest BCUT2D eigenvalue weighted by molar-refractivity contribution is 0.769. The summed E-state index contributed by atoms with van der Waals surface area (Å²) in [5, 5.41) is 0. The minimum Gasteiger partial charge on any atom is -0.383 e. The monoisotopic (exact) mass is 220 g/mol. The molecule has 0 aliphatic heterocycles. The van der Waals surface area contributed by atoms with Crippen molar-refractivity contribution in [3.05, 3.63) is 11.9 Å². The van der Waals surface area contributed by atoms with Crippen molar-refractivity contribution in [3.63, 3.8) is 0 Å². The van der Waals surface area contributed by atoms with Gasteiger partial charge in [0.05, 0.1) is 0 Å². The van der Waals surface area contributed by atoms with Gasteiger partial charge in [-0.1, -0.05) is 13.8 Å². The minimum atomic E-state index is 0.365. The van der Waals surface area contributed by atoms with Crippen LogP contribution in [0.3, 0.4) is 0 Å². The highest BCUT2D eigenvalue weighted by atomic mass is 15.2. The largest absolute Gasteiger partial charge is 0.383 e. The molecule has 4 heteroatoms. The van der Waals surface area contributed by atoms with E-state index >= 15 is 0 Å². The molecular weight excluding hydrogens is 200 g/mol. The van der Waals surface area contributed by atoms with Crippen molar-refractivity contribution in [1.29, 1.82) is 0 Å². The summed E-state index contributed by atoms with van der Waals surface area (Å²) < 4.78 is 0. The quantitative estimate of drug-likeness (QED) is 0.845. The van der Waals surface area contributed by atoms with Gasteiger partial charge in [0.1, 0.15) is 18.0 Å². The molecule has 1 aromatic heterocycles. The second-order valence-electron chi connectivity index (χ2n) is 4.67. The van der Waals surface area contributed by atoms with Crippen molar-refractivity contribution in [2.75, 3.05) is 17.2 Å². The SMILES string of the molecule is CCN(c1ncnc(N)c1C(C)C)C1CC1. The van der Waals surface area contributed by atoms with E-state index in [1.165, 1.54) is 12.8 Å². The average molecular weight is 220 g/mol. The predicted molar refractivity (Wildman–Crippen MR) is 66.6 cm³/mol. The highest BCUT2D eigenvalue weighted by Crippen LogP contribution is 2.35. The predicted octanol–water partition coefficient (Wildman–Crippen LogP) is 2.17. The maximum atomic E-state index is 5.96. The van der Waals surface area contributed by atoms with E-state index < -0.39 is 0 Å². The standard InChI is InChI=1S/C12H20N4/c1-4-16(9-5-6-9)12-10(8(2)3)11(13)14-7-15-12/h7-9H,4-6H2,1-3H3,(H2,13,14,15). The van der Waals surface area contributed by atoms with Gasteiger partial charge in [-0.25, -0.2) is 9.97 Å². The molecule has 2 N–H and O–H groups in total. The van der Waals surface area contributed by atoms with Gasteiger partial charge in [-0.2, -0.15) is 0 Å². The molecule has 0 atom stereocenters. The van der Waals surface area contributed by atoms with Crippen molar-refractivity contribution in [3.8, 4) is 0 Å². The van der Waals surface area contributed by atoms with Crippen molar-refractivity contribution < 1.29 is 0 Å². The molecule has 1 aromatic rings. The third-order valence-electron chi connectivity index (χ3n) is 3.07. The number of hydrogen-bond acceptors (Lipinski definition) is 4. The number of nitrogens with zero attached hydrogens (tertiary/aromatic N) is 3. The zero-order valence-electron chi connectivity index (χ0n) is 10.3. The summed E-state index contributed by atoms with van der Waals surface area (Å²) in [5.41, 5.74) is 7.05. The summed E-state index contributed by atoms with van der Waals surface area (Å²) in [7, 11) is 0. The Kier molecular flexibility index (Phi) is 2.99. The Bertz CT molecular complexity index is 371. The van der Waals surface area contributed by atoms with E-state index in [0.29, 0.717) is 17.8 Å². The Morgan fingerprint density at radius 2 is 2.12 bits per heavy atom. The van der Waals surface area contributed by atoms with Crippen LogP contribution in [-0.4, -0.2) is 22.6 Å². The molecule has 0 amide bonds. The molecule has 1 heterocycles. The smallest absolute Gasteiger partial charge is 0.137 e. The Morgan fingerprint density at radius 3 is 2.62 bits per heavy atom. The van der Waals surface area contributed by atoms with Crippen LogP contribution in [0.4, 0.5) is 11.6 Å². The zero-order valence-corrected chi connectivity index (χ0v) is 10.3. The van der Waals surface area contributed by atoms with Crippen LogP contribution in [0.15, 0.2) is 6.33 Å². The summed E-state index contributed by atoms with van der Waals surface area (Å²) in [6.45, 7) is 7.43. The van der Waals surface area contributed by atoms with Crippen LogP contribution >= 0.6 is 0 Å². The Balaban J connectivity index is 2.41. The number of rotatable bonds is 4. The lowest BCUT2D eigenvalue weighted by atomic mass is 10.0. The summed E-state index contributed by atoms with van der Waals surface area (Å²) in [5.74, 6) is 2.02. The van der Waals surface area contributed by atoms with Gasteiger partial charge in [-0.05, 0) is 25.7 Å². The first-order valence-electron chi connectivity index (χ1n) is 6.02. The van der Waals surface area contributed by atoms with Crippen molar-refractivity contribution in [1.82, 2.24) is 9.97 Å². The second-order valence-corrected chi connectivity index (χ2v) is 4.67. The van der Waals surface area contributed by atoms with Gasteiger partial charge in [0, 0.05) is 18.2 Å². The van der Waals surface area contributed by atoms with Crippen LogP contribution in [-0.2, 0) is 0 Å². The van der Waals surface area contributed by atoms with Crippen LogP contribution in [0.25, 0.3) is 0 Å². The number of aromatic nitrogens is 2. The van der Waals surface area contributed by atoms with Crippen molar-refractivity contribution in [2.45, 2.75) is 45.6 Å². The van der Waals surface area contributed by atoms with E-state index in [1.54, 1.807) is 6.33 Å². The first-order chi connectivity index (χ1) is 7.65. The normalized spacial score (nSPS) is 15.5. The molecule has 88 valence electrons. The Morgan fingerprint density at radius 1 is 1.44 bits per heavy atom. The van der Waals surface area contributed by atoms with E-state index in [4.69, 9.17) is 5.73 Å². The molecule has 0 unspecified atom stereocenters. The molecule has 1 aliphatic rings. The third kappa shape index (κ3) is 1.96. The summed E-state index contributed by atoms with van der Waals surface area (Å²) >= 11 is 0. The molecule has 4 nitrogen and oxygen atoms in total. The third-order valence-corrected chi connectivity index (χ3v) is 3.07. The highest BCUT2D eigenvalue weighted by molar-refractivity contribution is 5.59. The van der Waals surface area contributed by atoms with Gasteiger partial charge in [-0.3, -0.25) is 0 Å².